The summed E-state index contributed by atoms with van der Waals surface area (Å²) in [5.74, 6) is 0.00972. The average molecular weight is 235 g/mol. The van der Waals surface area contributed by atoms with Gasteiger partial charge in [0.15, 0.2) is 0 Å². The van der Waals surface area contributed by atoms with Gasteiger partial charge in [0.2, 0.25) is 0 Å². The fourth-order valence-corrected chi connectivity index (χ4v) is 1.66. The first-order valence-electron chi connectivity index (χ1n) is 6.03. The molecule has 0 saturated carbocycles. The Bertz CT molecular complexity index is 374. The quantitative estimate of drug-likeness (QED) is 0.785. The van der Waals surface area contributed by atoms with Crippen LogP contribution in [-0.2, 0) is 9.53 Å². The molecule has 3 nitrogen and oxygen atoms in total. The summed E-state index contributed by atoms with van der Waals surface area (Å²) >= 11 is 0. The van der Waals surface area contributed by atoms with Gasteiger partial charge in [-0.3, -0.25) is 4.79 Å². The maximum atomic E-state index is 12.0. The van der Waals surface area contributed by atoms with Crippen LogP contribution in [0.3, 0.4) is 0 Å². The van der Waals surface area contributed by atoms with E-state index < -0.39 is 0 Å². The van der Waals surface area contributed by atoms with Gasteiger partial charge in [-0.05, 0) is 39.3 Å². The number of carbonyl (C=O) groups excluding carboxylic acids is 1. The molecule has 0 spiro atoms. The van der Waals surface area contributed by atoms with E-state index in [2.05, 4.69) is 0 Å². The van der Waals surface area contributed by atoms with E-state index in [0.717, 1.165) is 11.3 Å². The Morgan fingerprint density at radius 3 is 2.53 bits per heavy atom. The minimum Gasteiger partial charge on any atom is -0.369 e. The predicted molar refractivity (Wildman–Crippen MR) is 70.3 cm³/mol. The predicted octanol–water partition coefficient (Wildman–Crippen LogP) is 2.77. The van der Waals surface area contributed by atoms with E-state index >= 15 is 0 Å². The van der Waals surface area contributed by atoms with Gasteiger partial charge in [-0.15, -0.1) is 0 Å². The molecule has 1 aromatic carbocycles. The molecular formula is C14H21NO2. The molecule has 0 aliphatic carbocycles. The molecule has 0 N–H and O–H groups in total. The first kappa shape index (κ1) is 13.7. The van der Waals surface area contributed by atoms with Crippen molar-refractivity contribution in [3.05, 3.63) is 29.8 Å². The number of ether oxygens (including phenoxy) is 1. The van der Waals surface area contributed by atoms with Crippen molar-refractivity contribution in [1.82, 2.24) is 0 Å². The number of amides is 1. The van der Waals surface area contributed by atoms with E-state index in [1.807, 2.05) is 52.0 Å². The van der Waals surface area contributed by atoms with Crippen LogP contribution >= 0.6 is 0 Å². The number of nitrogens with zero attached hydrogens (tertiary/aromatic N) is 1. The Kier molecular flexibility index (Phi) is 5.16. The summed E-state index contributed by atoms with van der Waals surface area (Å²) in [6.07, 6.45) is 0.0783. The molecule has 1 aromatic rings. The average Bonchev–Trinajstić information content (AvgIpc) is 2.30. The smallest absolute Gasteiger partial charge is 0.252 e. The monoisotopic (exact) mass is 235 g/mol. The molecule has 0 saturated heterocycles. The van der Waals surface area contributed by atoms with Crippen molar-refractivity contribution in [2.75, 3.05) is 18.1 Å². The third-order valence-corrected chi connectivity index (χ3v) is 2.56. The van der Waals surface area contributed by atoms with Gasteiger partial charge in [-0.2, -0.15) is 0 Å². The normalized spacial score (nSPS) is 10.6. The van der Waals surface area contributed by atoms with Crippen molar-refractivity contribution in [3.8, 4) is 0 Å². The Morgan fingerprint density at radius 1 is 1.35 bits per heavy atom. The van der Waals surface area contributed by atoms with E-state index in [0.29, 0.717) is 6.54 Å². The molecule has 3 heteroatoms. The van der Waals surface area contributed by atoms with Crippen LogP contribution in [0.2, 0.25) is 0 Å². The van der Waals surface area contributed by atoms with E-state index in [-0.39, 0.29) is 18.6 Å². The number of carbonyl (C=O) groups is 1. The third-order valence-electron chi connectivity index (χ3n) is 2.56. The summed E-state index contributed by atoms with van der Waals surface area (Å²) in [6, 6.07) is 7.89. The zero-order valence-electron chi connectivity index (χ0n) is 11.1. The van der Waals surface area contributed by atoms with Crippen molar-refractivity contribution in [2.24, 2.45) is 0 Å². The molecule has 1 rings (SSSR count). The van der Waals surface area contributed by atoms with E-state index in [1.54, 1.807) is 4.90 Å². The molecular weight excluding hydrogens is 214 g/mol. The molecule has 0 radical (unpaired) electrons. The summed E-state index contributed by atoms with van der Waals surface area (Å²) in [4.78, 5) is 13.8. The minimum absolute atomic E-state index is 0.00972. The SMILES string of the molecule is CCN(C(=O)COC(C)C)c1ccccc1C. The van der Waals surface area contributed by atoms with Crippen LogP contribution in [0.25, 0.3) is 0 Å². The van der Waals surface area contributed by atoms with Gasteiger partial charge in [-0.1, -0.05) is 18.2 Å². The fourth-order valence-electron chi connectivity index (χ4n) is 1.66. The van der Waals surface area contributed by atoms with Crippen LogP contribution in [0, 0.1) is 6.92 Å². The summed E-state index contributed by atoms with van der Waals surface area (Å²) in [6.45, 7) is 8.63. The molecule has 0 heterocycles. The Hall–Kier alpha value is -1.35. The number of rotatable bonds is 5. The van der Waals surface area contributed by atoms with E-state index in [1.165, 1.54) is 0 Å². The van der Waals surface area contributed by atoms with Crippen LogP contribution in [-0.4, -0.2) is 25.2 Å². The maximum absolute atomic E-state index is 12.0. The second-order valence-corrected chi connectivity index (χ2v) is 4.28. The lowest BCUT2D eigenvalue weighted by molar-refractivity contribution is -0.124. The number of aryl methyl sites for hydroxylation is 1. The zero-order chi connectivity index (χ0) is 12.8. The van der Waals surface area contributed by atoms with Crippen molar-refractivity contribution in [1.29, 1.82) is 0 Å². The van der Waals surface area contributed by atoms with Gasteiger partial charge in [0.1, 0.15) is 6.61 Å². The Labute approximate surface area is 103 Å². The van der Waals surface area contributed by atoms with Gasteiger partial charge in [0.25, 0.3) is 5.91 Å². The number of benzene rings is 1. The highest BCUT2D eigenvalue weighted by Gasteiger charge is 2.15. The van der Waals surface area contributed by atoms with Gasteiger partial charge < -0.3 is 9.64 Å². The second kappa shape index (κ2) is 6.40. The van der Waals surface area contributed by atoms with Crippen LogP contribution in [0.5, 0.6) is 0 Å². The first-order chi connectivity index (χ1) is 8.06. The Balaban J connectivity index is 2.78. The van der Waals surface area contributed by atoms with Gasteiger partial charge in [0.05, 0.1) is 6.10 Å². The minimum atomic E-state index is 0.00972. The summed E-state index contributed by atoms with van der Waals surface area (Å²) in [7, 11) is 0. The van der Waals surface area contributed by atoms with Crippen LogP contribution < -0.4 is 4.90 Å². The van der Waals surface area contributed by atoms with Crippen molar-refractivity contribution >= 4 is 11.6 Å². The van der Waals surface area contributed by atoms with Gasteiger partial charge in [-0.25, -0.2) is 0 Å². The second-order valence-electron chi connectivity index (χ2n) is 4.28. The van der Waals surface area contributed by atoms with Gasteiger partial charge >= 0.3 is 0 Å². The van der Waals surface area contributed by atoms with E-state index in [9.17, 15) is 4.79 Å². The van der Waals surface area contributed by atoms with E-state index in [4.69, 9.17) is 4.74 Å². The summed E-state index contributed by atoms with van der Waals surface area (Å²) in [5, 5.41) is 0. The lowest BCUT2D eigenvalue weighted by Crippen LogP contribution is -2.35. The van der Waals surface area contributed by atoms with Crippen molar-refractivity contribution < 1.29 is 9.53 Å². The zero-order valence-corrected chi connectivity index (χ0v) is 11.1. The Morgan fingerprint density at radius 2 is 2.00 bits per heavy atom. The number of likely N-dealkylation sites (N-methyl/N-ethyl adjacent to an activating group) is 1. The topological polar surface area (TPSA) is 29.5 Å². The highest BCUT2D eigenvalue weighted by molar-refractivity contribution is 5.94. The van der Waals surface area contributed by atoms with Crippen LogP contribution in [0.15, 0.2) is 24.3 Å². The van der Waals surface area contributed by atoms with Crippen molar-refractivity contribution in [3.63, 3.8) is 0 Å². The molecule has 17 heavy (non-hydrogen) atoms. The summed E-state index contributed by atoms with van der Waals surface area (Å²) in [5.41, 5.74) is 2.07. The number of para-hydroxylation sites is 1. The number of hydrogen-bond acceptors (Lipinski definition) is 2. The molecule has 0 fully saturated rings. The van der Waals surface area contributed by atoms with Crippen molar-refractivity contribution in [2.45, 2.75) is 33.8 Å². The fraction of sp³-hybridized carbons (Fsp3) is 0.500. The molecule has 0 unspecified atom stereocenters. The highest BCUT2D eigenvalue weighted by atomic mass is 16.5. The standard InChI is InChI=1S/C14H21NO2/c1-5-15(14(16)10-17-11(2)3)13-9-7-6-8-12(13)4/h6-9,11H,5,10H2,1-4H3. The van der Waals surface area contributed by atoms with Crippen LogP contribution in [0.4, 0.5) is 5.69 Å². The molecule has 94 valence electrons. The molecule has 0 aliphatic rings. The first-order valence-corrected chi connectivity index (χ1v) is 6.03. The highest BCUT2D eigenvalue weighted by Crippen LogP contribution is 2.19. The van der Waals surface area contributed by atoms with Gasteiger partial charge in [0, 0.05) is 12.2 Å². The lowest BCUT2D eigenvalue weighted by Gasteiger charge is -2.23. The molecule has 0 aromatic heterocycles. The summed E-state index contributed by atoms with van der Waals surface area (Å²) < 4.78 is 5.36. The lowest BCUT2D eigenvalue weighted by atomic mass is 10.2. The molecule has 0 aliphatic heterocycles. The number of hydrogen-bond donors (Lipinski definition) is 0. The number of anilines is 1. The third kappa shape index (κ3) is 3.86. The van der Waals surface area contributed by atoms with Crippen LogP contribution in [0.1, 0.15) is 26.3 Å². The molecule has 0 atom stereocenters. The molecule has 1 amide bonds. The maximum Gasteiger partial charge on any atom is 0.252 e. The largest absolute Gasteiger partial charge is 0.369 e. The molecule has 0 bridgehead atoms.